The average Bonchev–Trinajstić information content (AvgIpc) is 3.14. The van der Waals surface area contributed by atoms with E-state index in [4.69, 9.17) is 16.6 Å². The van der Waals surface area contributed by atoms with Crippen molar-refractivity contribution in [2.75, 3.05) is 0 Å². The number of fused-ring (bicyclic) bond motifs is 1. The molecule has 3 heterocycles. The Morgan fingerprint density at radius 2 is 2.29 bits per heavy atom. The maximum atomic E-state index is 5.51. The van der Waals surface area contributed by atoms with E-state index in [9.17, 15) is 0 Å². The molecule has 21 heavy (non-hydrogen) atoms. The molecule has 6 heteroatoms. The number of aromatic amines is 1. The molecule has 0 spiro atoms. The van der Waals surface area contributed by atoms with E-state index in [1.807, 2.05) is 23.9 Å². The van der Waals surface area contributed by atoms with Gasteiger partial charge in [-0.15, -0.1) is 0 Å². The van der Waals surface area contributed by atoms with Crippen molar-refractivity contribution >= 4 is 23.4 Å². The van der Waals surface area contributed by atoms with E-state index >= 15 is 0 Å². The van der Waals surface area contributed by atoms with Gasteiger partial charge in [-0.05, 0) is 44.1 Å². The highest BCUT2D eigenvalue weighted by Crippen LogP contribution is 2.24. The summed E-state index contributed by atoms with van der Waals surface area (Å²) in [5, 5.41) is 4.56. The largest absolute Gasteiger partial charge is 0.469 e. The number of imidazole rings is 1. The van der Waals surface area contributed by atoms with Gasteiger partial charge in [0.15, 0.2) is 10.4 Å². The Morgan fingerprint density at radius 1 is 1.48 bits per heavy atom. The third kappa shape index (κ3) is 2.44. The fourth-order valence-electron chi connectivity index (χ4n) is 2.83. The molecule has 112 valence electrons. The molecule has 0 aliphatic heterocycles. The lowest BCUT2D eigenvalue weighted by Crippen LogP contribution is -2.09. The molecule has 0 amide bonds. The number of aryl methyl sites for hydroxylation is 3. The summed E-state index contributed by atoms with van der Waals surface area (Å²) < 4.78 is 10.3. The second kappa shape index (κ2) is 5.52. The predicted molar refractivity (Wildman–Crippen MR) is 85.0 cm³/mol. The molecule has 1 atom stereocenters. The van der Waals surface area contributed by atoms with E-state index < -0.39 is 0 Å². The zero-order valence-electron chi connectivity index (χ0n) is 12.6. The normalized spacial score (nSPS) is 13.1. The van der Waals surface area contributed by atoms with Crippen LogP contribution in [0.1, 0.15) is 37.8 Å². The Balaban J connectivity index is 1.93. The van der Waals surface area contributed by atoms with Crippen LogP contribution >= 0.6 is 12.2 Å². The van der Waals surface area contributed by atoms with Gasteiger partial charge in [0.2, 0.25) is 0 Å². The highest BCUT2D eigenvalue weighted by Gasteiger charge is 2.18. The summed E-state index contributed by atoms with van der Waals surface area (Å²) in [6.45, 7) is 4.29. The summed E-state index contributed by atoms with van der Waals surface area (Å²) in [5.74, 6) is 1.01. The lowest BCUT2D eigenvalue weighted by molar-refractivity contribution is 0.452. The van der Waals surface area contributed by atoms with Gasteiger partial charge in [0, 0.05) is 19.5 Å². The topological polar surface area (TPSA) is 51.7 Å². The van der Waals surface area contributed by atoms with Crippen LogP contribution in [0, 0.1) is 4.77 Å². The first kappa shape index (κ1) is 14.1. The van der Waals surface area contributed by atoms with Crippen molar-refractivity contribution in [1.82, 2.24) is 19.3 Å². The maximum Gasteiger partial charge on any atom is 0.179 e. The van der Waals surface area contributed by atoms with E-state index in [1.54, 1.807) is 6.26 Å². The molecule has 0 fully saturated rings. The third-order valence-corrected chi connectivity index (χ3v) is 4.23. The van der Waals surface area contributed by atoms with Crippen molar-refractivity contribution in [3.05, 3.63) is 34.6 Å². The van der Waals surface area contributed by atoms with E-state index in [0.717, 1.165) is 46.7 Å². The lowest BCUT2D eigenvalue weighted by atomic mass is 10.1. The summed E-state index contributed by atoms with van der Waals surface area (Å²) in [5.41, 5.74) is 3.20. The first-order valence-corrected chi connectivity index (χ1v) is 7.71. The van der Waals surface area contributed by atoms with Gasteiger partial charge < -0.3 is 9.40 Å². The molecule has 0 saturated carbocycles. The van der Waals surface area contributed by atoms with Gasteiger partial charge in [-0.3, -0.25) is 9.25 Å². The fraction of sp³-hybridized carbons (Fsp3) is 0.467. The summed E-state index contributed by atoms with van der Waals surface area (Å²) >= 11 is 5.51. The minimum atomic E-state index is 0.288. The number of hydrogen-bond donors (Lipinski definition) is 1. The van der Waals surface area contributed by atoms with Gasteiger partial charge in [-0.2, -0.15) is 5.10 Å². The highest BCUT2D eigenvalue weighted by molar-refractivity contribution is 7.71. The molecule has 1 unspecified atom stereocenters. The summed E-state index contributed by atoms with van der Waals surface area (Å²) in [7, 11) is 1.97. The van der Waals surface area contributed by atoms with E-state index in [0.29, 0.717) is 0 Å². The molecular formula is C15H20N4OS. The van der Waals surface area contributed by atoms with Gasteiger partial charge in [-0.1, -0.05) is 6.92 Å². The van der Waals surface area contributed by atoms with Gasteiger partial charge in [0.25, 0.3) is 0 Å². The molecule has 0 aliphatic carbocycles. The van der Waals surface area contributed by atoms with Crippen molar-refractivity contribution in [3.63, 3.8) is 0 Å². The molecule has 0 saturated heterocycles. The standard InChI is InChI=1S/C15H20N4OS/c1-4-12-13-14(18(3)17-12)19(15(21)16-13)10(2)7-8-11-6-5-9-20-11/h5-6,9-10H,4,7-8H2,1-3H3,(H,16,21). The smallest absolute Gasteiger partial charge is 0.179 e. The first-order chi connectivity index (χ1) is 10.1. The molecule has 5 nitrogen and oxygen atoms in total. The Hall–Kier alpha value is -1.82. The molecule has 0 aliphatic rings. The Labute approximate surface area is 128 Å². The molecule has 0 bridgehead atoms. The van der Waals surface area contributed by atoms with Crippen LogP contribution in [0.3, 0.4) is 0 Å². The first-order valence-electron chi connectivity index (χ1n) is 7.30. The van der Waals surface area contributed by atoms with Crippen LogP contribution in [0.25, 0.3) is 11.2 Å². The average molecular weight is 304 g/mol. The third-order valence-electron chi connectivity index (χ3n) is 3.93. The molecule has 3 aromatic rings. The van der Waals surface area contributed by atoms with E-state index in [1.165, 1.54) is 0 Å². The number of furan rings is 1. The van der Waals surface area contributed by atoms with Gasteiger partial charge in [-0.25, -0.2) is 0 Å². The van der Waals surface area contributed by atoms with Crippen molar-refractivity contribution in [2.45, 2.75) is 39.2 Å². The number of nitrogens with zero attached hydrogens (tertiary/aromatic N) is 3. The highest BCUT2D eigenvalue weighted by atomic mass is 32.1. The lowest BCUT2D eigenvalue weighted by Gasteiger charge is -2.13. The van der Waals surface area contributed by atoms with Crippen LogP contribution in [0.15, 0.2) is 22.8 Å². The molecule has 0 radical (unpaired) electrons. The number of H-pyrrole nitrogens is 1. The van der Waals surface area contributed by atoms with Crippen molar-refractivity contribution in [2.24, 2.45) is 7.05 Å². The predicted octanol–water partition coefficient (Wildman–Crippen LogP) is 3.78. The number of rotatable bonds is 5. The second-order valence-corrected chi connectivity index (χ2v) is 5.78. The second-order valence-electron chi connectivity index (χ2n) is 5.39. The number of hydrogen-bond acceptors (Lipinski definition) is 3. The molecule has 3 aromatic heterocycles. The summed E-state index contributed by atoms with van der Waals surface area (Å²) in [6.07, 6.45) is 4.49. The van der Waals surface area contributed by atoms with Gasteiger partial charge >= 0.3 is 0 Å². The molecule has 1 N–H and O–H groups in total. The Morgan fingerprint density at radius 3 is 2.95 bits per heavy atom. The number of nitrogens with one attached hydrogen (secondary N) is 1. The SMILES string of the molecule is CCc1nn(C)c2c1[nH]c(=S)n2C(C)CCc1ccco1. The Kier molecular flexibility index (Phi) is 3.71. The van der Waals surface area contributed by atoms with E-state index in [-0.39, 0.29) is 6.04 Å². The Bertz CT molecular complexity index is 794. The molecule has 3 rings (SSSR count). The fourth-order valence-corrected chi connectivity index (χ4v) is 3.20. The van der Waals surface area contributed by atoms with E-state index in [2.05, 4.69) is 28.5 Å². The minimum Gasteiger partial charge on any atom is -0.469 e. The van der Waals surface area contributed by atoms with Crippen LogP contribution in [0.2, 0.25) is 0 Å². The quantitative estimate of drug-likeness (QED) is 0.730. The van der Waals surface area contributed by atoms with Crippen molar-refractivity contribution in [3.8, 4) is 0 Å². The van der Waals surface area contributed by atoms with Gasteiger partial charge in [0.05, 0.1) is 12.0 Å². The zero-order valence-corrected chi connectivity index (χ0v) is 13.4. The van der Waals surface area contributed by atoms with Crippen LogP contribution < -0.4 is 0 Å². The summed E-state index contributed by atoms with van der Waals surface area (Å²) in [6, 6.07) is 4.23. The van der Waals surface area contributed by atoms with Crippen LogP contribution in [-0.2, 0) is 19.9 Å². The van der Waals surface area contributed by atoms with Gasteiger partial charge in [0.1, 0.15) is 11.3 Å². The molecular weight excluding hydrogens is 284 g/mol. The van der Waals surface area contributed by atoms with Crippen molar-refractivity contribution in [1.29, 1.82) is 0 Å². The van der Waals surface area contributed by atoms with Crippen molar-refractivity contribution < 1.29 is 4.42 Å². The van der Waals surface area contributed by atoms with Crippen LogP contribution in [0.4, 0.5) is 0 Å². The maximum absolute atomic E-state index is 5.51. The summed E-state index contributed by atoms with van der Waals surface area (Å²) in [4.78, 5) is 3.31. The number of aromatic nitrogens is 4. The van der Waals surface area contributed by atoms with Crippen LogP contribution in [-0.4, -0.2) is 19.3 Å². The molecule has 0 aromatic carbocycles. The monoisotopic (exact) mass is 304 g/mol. The minimum absolute atomic E-state index is 0.288. The van der Waals surface area contributed by atoms with Crippen LogP contribution in [0.5, 0.6) is 0 Å². The zero-order chi connectivity index (χ0) is 15.0.